The lowest BCUT2D eigenvalue weighted by Crippen LogP contribution is -2.12. The molecule has 2 rings (SSSR count). The minimum absolute atomic E-state index is 0.0776. The summed E-state index contributed by atoms with van der Waals surface area (Å²) in [6.07, 6.45) is 0. The molecule has 0 saturated carbocycles. The molecule has 0 amide bonds. The number of benzene rings is 1. The van der Waals surface area contributed by atoms with Crippen molar-refractivity contribution in [3.63, 3.8) is 0 Å². The predicted octanol–water partition coefficient (Wildman–Crippen LogP) is 1.40. The average Bonchev–Trinajstić information content (AvgIpc) is 2.74. The first kappa shape index (κ1) is 12.9. The molecule has 6 heteroatoms. The third kappa shape index (κ3) is 3.04. The lowest BCUT2D eigenvalue weighted by molar-refractivity contribution is 0.295. The Morgan fingerprint density at radius 1 is 1.42 bits per heavy atom. The first-order valence-corrected chi connectivity index (χ1v) is 5.80. The average molecular weight is 260 g/mol. The number of aryl methyl sites for hydroxylation is 2. The van der Waals surface area contributed by atoms with Crippen molar-refractivity contribution < 1.29 is 9.94 Å². The lowest BCUT2D eigenvalue weighted by atomic mass is 10.2. The third-order valence-electron chi connectivity index (χ3n) is 2.74. The van der Waals surface area contributed by atoms with Crippen molar-refractivity contribution in [3.05, 3.63) is 47.3 Å². The second kappa shape index (κ2) is 5.43. The number of aromatic nitrogens is 2. The molecule has 3 N–H and O–H groups in total. The zero-order valence-corrected chi connectivity index (χ0v) is 10.9. The molecule has 0 fully saturated rings. The highest BCUT2D eigenvalue weighted by Gasteiger charge is 2.04. The number of nitrogens with two attached hydrogens (primary N) is 1. The van der Waals surface area contributed by atoms with Crippen LogP contribution in [0.2, 0.25) is 0 Å². The molecular formula is C13H16N4O2. The monoisotopic (exact) mass is 260 g/mol. The third-order valence-corrected chi connectivity index (χ3v) is 2.74. The number of hydrogen-bond donors (Lipinski definition) is 2. The molecule has 0 aliphatic carbocycles. The Morgan fingerprint density at radius 2 is 2.11 bits per heavy atom. The van der Waals surface area contributed by atoms with Crippen LogP contribution >= 0.6 is 0 Å². The van der Waals surface area contributed by atoms with E-state index in [1.165, 1.54) is 0 Å². The van der Waals surface area contributed by atoms with Crippen molar-refractivity contribution in [3.8, 4) is 5.75 Å². The first-order valence-electron chi connectivity index (χ1n) is 5.80. The summed E-state index contributed by atoms with van der Waals surface area (Å²) in [7, 11) is 1.88. The van der Waals surface area contributed by atoms with E-state index in [1.54, 1.807) is 28.9 Å². The number of rotatable bonds is 4. The standard InChI is InChI=1S/C13H16N4O2/c1-9-7-11(17(2)15-9)8-19-12-5-3-10(4-6-12)13(14)16-18/h3-7,18H,8H2,1-2H3,(H2,14,16). The van der Waals surface area contributed by atoms with Gasteiger partial charge < -0.3 is 15.7 Å². The predicted molar refractivity (Wildman–Crippen MR) is 71.2 cm³/mol. The smallest absolute Gasteiger partial charge is 0.170 e. The summed E-state index contributed by atoms with van der Waals surface area (Å²) in [4.78, 5) is 0. The molecule has 0 radical (unpaired) electrons. The summed E-state index contributed by atoms with van der Waals surface area (Å²) in [5.74, 6) is 0.794. The Labute approximate surface area is 111 Å². The second-order valence-electron chi connectivity index (χ2n) is 4.20. The minimum atomic E-state index is 0.0776. The second-order valence-corrected chi connectivity index (χ2v) is 4.20. The van der Waals surface area contributed by atoms with Gasteiger partial charge in [-0.3, -0.25) is 4.68 Å². The zero-order chi connectivity index (χ0) is 13.8. The van der Waals surface area contributed by atoms with Crippen LogP contribution in [0.3, 0.4) is 0 Å². The molecule has 100 valence electrons. The highest BCUT2D eigenvalue weighted by molar-refractivity contribution is 5.97. The van der Waals surface area contributed by atoms with E-state index in [9.17, 15) is 0 Å². The molecule has 0 atom stereocenters. The fourth-order valence-corrected chi connectivity index (χ4v) is 1.74. The highest BCUT2D eigenvalue weighted by atomic mass is 16.5. The van der Waals surface area contributed by atoms with E-state index < -0.39 is 0 Å². The fourth-order valence-electron chi connectivity index (χ4n) is 1.74. The molecule has 1 aromatic heterocycles. The maximum atomic E-state index is 8.56. The minimum Gasteiger partial charge on any atom is -0.487 e. The Hall–Kier alpha value is -2.50. The van der Waals surface area contributed by atoms with Gasteiger partial charge in [0, 0.05) is 12.6 Å². The summed E-state index contributed by atoms with van der Waals surface area (Å²) < 4.78 is 7.44. The Morgan fingerprint density at radius 3 is 2.63 bits per heavy atom. The van der Waals surface area contributed by atoms with Crippen molar-refractivity contribution in [1.82, 2.24) is 9.78 Å². The van der Waals surface area contributed by atoms with Crippen molar-refractivity contribution in [2.75, 3.05) is 0 Å². The van der Waals surface area contributed by atoms with Gasteiger partial charge in [-0.15, -0.1) is 0 Å². The maximum Gasteiger partial charge on any atom is 0.170 e. The van der Waals surface area contributed by atoms with Gasteiger partial charge in [0.25, 0.3) is 0 Å². The van der Waals surface area contributed by atoms with Crippen LogP contribution < -0.4 is 10.5 Å². The molecule has 1 aromatic carbocycles. The van der Waals surface area contributed by atoms with Gasteiger partial charge in [-0.1, -0.05) is 5.16 Å². The Balaban J connectivity index is 2.02. The number of oxime groups is 1. The van der Waals surface area contributed by atoms with Crippen molar-refractivity contribution in [2.24, 2.45) is 17.9 Å². The Bertz CT molecular complexity index is 587. The molecule has 0 bridgehead atoms. The number of hydrogen-bond acceptors (Lipinski definition) is 4. The van der Waals surface area contributed by atoms with E-state index in [0.717, 1.165) is 11.4 Å². The molecule has 1 heterocycles. The van der Waals surface area contributed by atoms with Crippen molar-refractivity contribution >= 4 is 5.84 Å². The molecule has 19 heavy (non-hydrogen) atoms. The highest BCUT2D eigenvalue weighted by Crippen LogP contribution is 2.14. The normalized spacial score (nSPS) is 11.6. The van der Waals surface area contributed by atoms with E-state index in [-0.39, 0.29) is 5.84 Å². The summed E-state index contributed by atoms with van der Waals surface area (Å²) in [5.41, 5.74) is 8.08. The van der Waals surface area contributed by atoms with Crippen molar-refractivity contribution in [1.29, 1.82) is 0 Å². The van der Waals surface area contributed by atoms with Gasteiger partial charge in [0.1, 0.15) is 12.4 Å². The summed E-state index contributed by atoms with van der Waals surface area (Å²) in [6.45, 7) is 2.38. The molecule has 2 aromatic rings. The molecule has 0 saturated heterocycles. The van der Waals surface area contributed by atoms with Crippen molar-refractivity contribution in [2.45, 2.75) is 13.5 Å². The quantitative estimate of drug-likeness (QED) is 0.376. The fraction of sp³-hybridized carbons (Fsp3) is 0.231. The summed E-state index contributed by atoms with van der Waals surface area (Å²) in [6, 6.07) is 9.00. The van der Waals surface area contributed by atoms with Crippen LogP contribution in [0.4, 0.5) is 0 Å². The van der Waals surface area contributed by atoms with Crippen LogP contribution in [0, 0.1) is 6.92 Å². The van der Waals surface area contributed by atoms with Gasteiger partial charge in [0.05, 0.1) is 11.4 Å². The maximum absolute atomic E-state index is 8.56. The molecular weight excluding hydrogens is 244 g/mol. The molecule has 6 nitrogen and oxygen atoms in total. The van der Waals surface area contributed by atoms with Crippen LogP contribution in [0.1, 0.15) is 17.0 Å². The van der Waals surface area contributed by atoms with E-state index >= 15 is 0 Å². The number of amidine groups is 1. The van der Waals surface area contributed by atoms with Gasteiger partial charge in [0.2, 0.25) is 0 Å². The largest absolute Gasteiger partial charge is 0.487 e. The van der Waals surface area contributed by atoms with E-state index in [2.05, 4.69) is 10.3 Å². The van der Waals surface area contributed by atoms with Gasteiger partial charge in [-0.05, 0) is 37.3 Å². The van der Waals surface area contributed by atoms with E-state index in [0.29, 0.717) is 17.9 Å². The van der Waals surface area contributed by atoms with Gasteiger partial charge in [0.15, 0.2) is 5.84 Å². The number of nitrogens with zero attached hydrogens (tertiary/aromatic N) is 3. The lowest BCUT2D eigenvalue weighted by Gasteiger charge is -2.07. The van der Waals surface area contributed by atoms with Crippen LogP contribution in [0.15, 0.2) is 35.5 Å². The summed E-state index contributed by atoms with van der Waals surface area (Å²) >= 11 is 0. The van der Waals surface area contributed by atoms with Crippen LogP contribution in [0.25, 0.3) is 0 Å². The number of ether oxygens (including phenoxy) is 1. The van der Waals surface area contributed by atoms with Crippen LogP contribution in [-0.4, -0.2) is 20.8 Å². The molecule has 0 aliphatic heterocycles. The topological polar surface area (TPSA) is 85.7 Å². The summed E-state index contributed by atoms with van der Waals surface area (Å²) in [5, 5.41) is 15.8. The molecule has 0 spiro atoms. The SMILES string of the molecule is Cc1cc(COc2ccc(C(N)=NO)cc2)n(C)n1. The van der Waals surface area contributed by atoms with Gasteiger partial charge in [-0.25, -0.2) is 0 Å². The first-order chi connectivity index (χ1) is 9.10. The van der Waals surface area contributed by atoms with Crippen LogP contribution in [-0.2, 0) is 13.7 Å². The van der Waals surface area contributed by atoms with E-state index in [1.807, 2.05) is 20.0 Å². The molecule has 0 unspecified atom stereocenters. The Kier molecular flexibility index (Phi) is 3.70. The van der Waals surface area contributed by atoms with Crippen LogP contribution in [0.5, 0.6) is 5.75 Å². The molecule has 0 aliphatic rings. The van der Waals surface area contributed by atoms with Gasteiger partial charge >= 0.3 is 0 Å². The zero-order valence-electron chi connectivity index (χ0n) is 10.9. The van der Waals surface area contributed by atoms with E-state index in [4.69, 9.17) is 15.7 Å². The van der Waals surface area contributed by atoms with Gasteiger partial charge in [-0.2, -0.15) is 5.10 Å².